The molecule has 0 aromatic carbocycles. The van der Waals surface area contributed by atoms with Crippen molar-refractivity contribution in [1.82, 2.24) is 14.7 Å². The first-order valence-corrected chi connectivity index (χ1v) is 6.40. The number of hydrogen-bond acceptors (Lipinski definition) is 4. The van der Waals surface area contributed by atoms with Gasteiger partial charge in [-0.2, -0.15) is 0 Å². The summed E-state index contributed by atoms with van der Waals surface area (Å²) in [6.07, 6.45) is 2.07. The molecule has 16 heavy (non-hydrogen) atoms. The van der Waals surface area contributed by atoms with Gasteiger partial charge in [0, 0.05) is 31.3 Å². The molecule has 88 valence electrons. The minimum atomic E-state index is 0.765. The Balaban J connectivity index is 1.93. The van der Waals surface area contributed by atoms with E-state index in [0.29, 0.717) is 0 Å². The second kappa shape index (κ2) is 5.43. The van der Waals surface area contributed by atoms with Gasteiger partial charge in [-0.1, -0.05) is 0 Å². The minimum Gasteiger partial charge on any atom is -0.380 e. The predicted octanol–water partition coefficient (Wildman–Crippen LogP) is 1.83. The van der Waals surface area contributed by atoms with Crippen LogP contribution in [0.25, 0.3) is 4.96 Å². The van der Waals surface area contributed by atoms with Crippen molar-refractivity contribution in [2.45, 2.75) is 20.4 Å². The molecular formula is C11H17N3OS. The first-order valence-electron chi connectivity index (χ1n) is 5.52. The number of ether oxygens (including phenoxy) is 1. The third-order valence-corrected chi connectivity index (χ3v) is 3.24. The summed E-state index contributed by atoms with van der Waals surface area (Å²) >= 11 is 1.67. The molecule has 1 N–H and O–H groups in total. The fourth-order valence-corrected chi connectivity index (χ4v) is 2.43. The van der Waals surface area contributed by atoms with Crippen molar-refractivity contribution < 1.29 is 4.74 Å². The SMILES string of the molecule is CCOCCNCc1c(C)nc2sccn12. The lowest BCUT2D eigenvalue weighted by atomic mass is 10.3. The molecule has 0 fully saturated rings. The summed E-state index contributed by atoms with van der Waals surface area (Å²) < 4.78 is 7.42. The molecule has 0 atom stereocenters. The van der Waals surface area contributed by atoms with Gasteiger partial charge in [0.2, 0.25) is 0 Å². The van der Waals surface area contributed by atoms with E-state index in [-0.39, 0.29) is 0 Å². The first kappa shape index (κ1) is 11.6. The zero-order chi connectivity index (χ0) is 11.4. The molecule has 2 heterocycles. The summed E-state index contributed by atoms with van der Waals surface area (Å²) in [5.41, 5.74) is 2.35. The van der Waals surface area contributed by atoms with Crippen LogP contribution < -0.4 is 5.32 Å². The topological polar surface area (TPSA) is 38.6 Å². The predicted molar refractivity (Wildman–Crippen MR) is 66.0 cm³/mol. The van der Waals surface area contributed by atoms with Gasteiger partial charge in [0.1, 0.15) is 0 Å². The fraction of sp³-hybridized carbons (Fsp3) is 0.545. The lowest BCUT2D eigenvalue weighted by Gasteiger charge is -2.04. The van der Waals surface area contributed by atoms with E-state index >= 15 is 0 Å². The van der Waals surface area contributed by atoms with E-state index in [4.69, 9.17) is 4.74 Å². The number of imidazole rings is 1. The zero-order valence-corrected chi connectivity index (χ0v) is 10.5. The molecule has 0 aliphatic rings. The summed E-state index contributed by atoms with van der Waals surface area (Å²) in [4.78, 5) is 5.57. The lowest BCUT2D eigenvalue weighted by molar-refractivity contribution is 0.149. The van der Waals surface area contributed by atoms with Crippen LogP contribution in [0.4, 0.5) is 0 Å². The summed E-state index contributed by atoms with van der Waals surface area (Å²) in [7, 11) is 0. The fourth-order valence-electron chi connectivity index (χ4n) is 1.65. The second-order valence-corrected chi connectivity index (χ2v) is 4.45. The van der Waals surface area contributed by atoms with Crippen LogP contribution in [0.5, 0.6) is 0 Å². The van der Waals surface area contributed by atoms with Gasteiger partial charge in [-0.05, 0) is 13.8 Å². The number of aromatic nitrogens is 2. The van der Waals surface area contributed by atoms with E-state index < -0.39 is 0 Å². The highest BCUT2D eigenvalue weighted by atomic mass is 32.1. The second-order valence-electron chi connectivity index (χ2n) is 3.57. The Hall–Kier alpha value is -0.910. The molecule has 0 saturated carbocycles. The molecule has 0 aliphatic carbocycles. The standard InChI is InChI=1S/C11H17N3OS/c1-3-15-6-4-12-8-10-9(2)13-11-14(10)5-7-16-11/h5,7,12H,3-4,6,8H2,1-2H3. The molecule has 0 bridgehead atoms. The third-order valence-electron chi connectivity index (χ3n) is 2.48. The molecule has 0 saturated heterocycles. The van der Waals surface area contributed by atoms with E-state index in [2.05, 4.69) is 33.2 Å². The molecule has 2 rings (SSSR count). The van der Waals surface area contributed by atoms with Crippen LogP contribution in [-0.4, -0.2) is 29.1 Å². The Labute approximate surface area is 99.3 Å². The van der Waals surface area contributed by atoms with Crippen LogP contribution in [0.3, 0.4) is 0 Å². The van der Waals surface area contributed by atoms with Crippen LogP contribution in [0, 0.1) is 6.92 Å². The van der Waals surface area contributed by atoms with Gasteiger partial charge in [0.05, 0.1) is 18.0 Å². The summed E-state index contributed by atoms with van der Waals surface area (Å²) in [5, 5.41) is 5.43. The highest BCUT2D eigenvalue weighted by Gasteiger charge is 2.08. The highest BCUT2D eigenvalue weighted by molar-refractivity contribution is 7.15. The van der Waals surface area contributed by atoms with E-state index in [9.17, 15) is 0 Å². The Kier molecular flexibility index (Phi) is 3.93. The summed E-state index contributed by atoms with van der Waals surface area (Å²) in [6.45, 7) is 7.33. The van der Waals surface area contributed by atoms with E-state index in [1.54, 1.807) is 11.3 Å². The Morgan fingerprint density at radius 1 is 1.56 bits per heavy atom. The van der Waals surface area contributed by atoms with Gasteiger partial charge in [-0.25, -0.2) is 4.98 Å². The van der Waals surface area contributed by atoms with Crippen LogP contribution in [-0.2, 0) is 11.3 Å². The molecule has 0 aliphatic heterocycles. The average Bonchev–Trinajstić information content (AvgIpc) is 2.80. The van der Waals surface area contributed by atoms with Gasteiger partial charge in [0.15, 0.2) is 4.96 Å². The minimum absolute atomic E-state index is 0.765. The number of aryl methyl sites for hydroxylation is 1. The van der Waals surface area contributed by atoms with Crippen molar-refractivity contribution >= 4 is 16.3 Å². The van der Waals surface area contributed by atoms with Crippen molar-refractivity contribution in [2.24, 2.45) is 0 Å². The maximum atomic E-state index is 5.27. The number of nitrogens with one attached hydrogen (secondary N) is 1. The summed E-state index contributed by atoms with van der Waals surface area (Å²) in [5.74, 6) is 0. The van der Waals surface area contributed by atoms with E-state index in [0.717, 1.165) is 37.0 Å². The molecule has 0 radical (unpaired) electrons. The average molecular weight is 239 g/mol. The summed E-state index contributed by atoms with van der Waals surface area (Å²) in [6, 6.07) is 0. The maximum Gasteiger partial charge on any atom is 0.194 e. The first-order chi connectivity index (χ1) is 7.83. The number of fused-ring (bicyclic) bond motifs is 1. The monoisotopic (exact) mass is 239 g/mol. The number of rotatable bonds is 6. The number of hydrogen-bond donors (Lipinski definition) is 1. The highest BCUT2D eigenvalue weighted by Crippen LogP contribution is 2.16. The van der Waals surface area contributed by atoms with Gasteiger partial charge in [-0.3, -0.25) is 4.40 Å². The quantitative estimate of drug-likeness (QED) is 0.782. The van der Waals surface area contributed by atoms with Crippen LogP contribution in [0.2, 0.25) is 0 Å². The van der Waals surface area contributed by atoms with Crippen LogP contribution in [0.15, 0.2) is 11.6 Å². The molecule has 0 unspecified atom stereocenters. The molecule has 2 aromatic heterocycles. The third kappa shape index (κ3) is 2.42. The molecular weight excluding hydrogens is 222 g/mol. The normalized spacial score (nSPS) is 11.4. The number of nitrogens with zero attached hydrogens (tertiary/aromatic N) is 2. The Bertz CT molecular complexity index is 449. The zero-order valence-electron chi connectivity index (χ0n) is 9.69. The maximum absolute atomic E-state index is 5.27. The molecule has 5 heteroatoms. The smallest absolute Gasteiger partial charge is 0.194 e. The number of thiazole rings is 1. The van der Waals surface area contributed by atoms with Crippen LogP contribution >= 0.6 is 11.3 Å². The van der Waals surface area contributed by atoms with Crippen molar-refractivity contribution in [3.05, 3.63) is 23.0 Å². The van der Waals surface area contributed by atoms with E-state index in [1.165, 1.54) is 5.69 Å². The van der Waals surface area contributed by atoms with Crippen molar-refractivity contribution in [3.63, 3.8) is 0 Å². The van der Waals surface area contributed by atoms with Gasteiger partial charge >= 0.3 is 0 Å². The van der Waals surface area contributed by atoms with Gasteiger partial charge < -0.3 is 10.1 Å². The Morgan fingerprint density at radius 3 is 3.25 bits per heavy atom. The van der Waals surface area contributed by atoms with Gasteiger partial charge in [0.25, 0.3) is 0 Å². The molecule has 4 nitrogen and oxygen atoms in total. The lowest BCUT2D eigenvalue weighted by Crippen LogP contribution is -2.20. The van der Waals surface area contributed by atoms with Gasteiger partial charge in [-0.15, -0.1) is 11.3 Å². The Morgan fingerprint density at radius 2 is 2.44 bits per heavy atom. The van der Waals surface area contributed by atoms with Crippen molar-refractivity contribution in [3.8, 4) is 0 Å². The largest absolute Gasteiger partial charge is 0.380 e. The van der Waals surface area contributed by atoms with Crippen molar-refractivity contribution in [2.75, 3.05) is 19.8 Å². The van der Waals surface area contributed by atoms with Crippen molar-refractivity contribution in [1.29, 1.82) is 0 Å². The molecule has 0 spiro atoms. The molecule has 2 aromatic rings. The van der Waals surface area contributed by atoms with E-state index in [1.807, 2.05) is 6.92 Å². The molecule has 0 amide bonds. The van der Waals surface area contributed by atoms with Crippen LogP contribution in [0.1, 0.15) is 18.3 Å².